The lowest BCUT2D eigenvalue weighted by Crippen LogP contribution is -2.22. The average molecular weight is 251 g/mol. The molecule has 0 unspecified atom stereocenters. The SMILES string of the molecule is CC(C)(C)c1c(C(=O)O)nnn1Cc1ncno1. The third-order valence-corrected chi connectivity index (χ3v) is 2.34. The van der Waals surface area contributed by atoms with Gasteiger partial charge in [0.15, 0.2) is 12.0 Å². The van der Waals surface area contributed by atoms with Gasteiger partial charge >= 0.3 is 5.97 Å². The van der Waals surface area contributed by atoms with E-state index in [0.717, 1.165) is 0 Å². The van der Waals surface area contributed by atoms with E-state index in [1.165, 1.54) is 11.0 Å². The molecule has 0 aliphatic carbocycles. The molecule has 0 spiro atoms. The molecule has 2 rings (SSSR count). The lowest BCUT2D eigenvalue weighted by atomic mass is 9.90. The number of hydrogen-bond acceptors (Lipinski definition) is 6. The van der Waals surface area contributed by atoms with Crippen molar-refractivity contribution in [1.82, 2.24) is 25.1 Å². The lowest BCUT2D eigenvalue weighted by molar-refractivity contribution is 0.0687. The van der Waals surface area contributed by atoms with Crippen LogP contribution in [0.1, 0.15) is 42.8 Å². The summed E-state index contributed by atoms with van der Waals surface area (Å²) >= 11 is 0. The first-order chi connectivity index (χ1) is 8.39. The maximum absolute atomic E-state index is 11.1. The first kappa shape index (κ1) is 12.2. The van der Waals surface area contributed by atoms with Gasteiger partial charge < -0.3 is 9.63 Å². The van der Waals surface area contributed by atoms with Crippen molar-refractivity contribution in [3.05, 3.63) is 23.6 Å². The summed E-state index contributed by atoms with van der Waals surface area (Å²) in [6.45, 7) is 5.88. The Hall–Kier alpha value is -2.25. The zero-order valence-corrected chi connectivity index (χ0v) is 10.3. The van der Waals surface area contributed by atoms with Crippen LogP contribution in [0.5, 0.6) is 0 Å². The van der Waals surface area contributed by atoms with Gasteiger partial charge in [-0.1, -0.05) is 31.1 Å². The number of rotatable bonds is 3. The number of carboxylic acids is 1. The number of aromatic nitrogens is 5. The van der Waals surface area contributed by atoms with Crippen LogP contribution < -0.4 is 0 Å². The van der Waals surface area contributed by atoms with E-state index in [0.29, 0.717) is 11.6 Å². The minimum absolute atomic E-state index is 0.0537. The quantitative estimate of drug-likeness (QED) is 0.855. The highest BCUT2D eigenvalue weighted by molar-refractivity contribution is 5.86. The molecule has 0 aromatic carbocycles. The second kappa shape index (κ2) is 4.21. The molecule has 0 aliphatic rings. The molecule has 8 heteroatoms. The maximum atomic E-state index is 11.1. The standard InChI is InChI=1S/C10H13N5O3/c1-10(2,3)8-7(9(16)17)13-14-15(8)4-6-11-5-12-18-6/h5H,4H2,1-3H3,(H,16,17). The molecule has 0 radical (unpaired) electrons. The van der Waals surface area contributed by atoms with E-state index in [9.17, 15) is 4.79 Å². The van der Waals surface area contributed by atoms with Crippen LogP contribution in [0.2, 0.25) is 0 Å². The number of carbonyl (C=O) groups is 1. The highest BCUT2D eigenvalue weighted by Crippen LogP contribution is 2.25. The zero-order chi connectivity index (χ0) is 13.3. The van der Waals surface area contributed by atoms with Crippen molar-refractivity contribution in [3.63, 3.8) is 0 Å². The Morgan fingerprint density at radius 2 is 2.22 bits per heavy atom. The first-order valence-corrected chi connectivity index (χ1v) is 5.32. The Morgan fingerprint density at radius 1 is 1.50 bits per heavy atom. The predicted molar refractivity (Wildman–Crippen MR) is 59.1 cm³/mol. The molecule has 8 nitrogen and oxygen atoms in total. The molecule has 1 N–H and O–H groups in total. The topological polar surface area (TPSA) is 107 Å². The average Bonchev–Trinajstić information content (AvgIpc) is 2.85. The van der Waals surface area contributed by atoms with Crippen LogP contribution in [0.15, 0.2) is 10.9 Å². The van der Waals surface area contributed by atoms with Crippen LogP contribution in [-0.4, -0.2) is 36.2 Å². The Balaban J connectivity index is 2.45. The number of nitrogens with zero attached hydrogens (tertiary/aromatic N) is 5. The Kier molecular flexibility index (Phi) is 2.85. The van der Waals surface area contributed by atoms with Gasteiger partial charge in [0.25, 0.3) is 0 Å². The summed E-state index contributed by atoms with van der Waals surface area (Å²) in [5.74, 6) is -0.751. The first-order valence-electron chi connectivity index (χ1n) is 5.32. The molecule has 0 fully saturated rings. The van der Waals surface area contributed by atoms with Gasteiger partial charge in [-0.05, 0) is 0 Å². The molecule has 0 saturated heterocycles. The third kappa shape index (κ3) is 2.22. The van der Waals surface area contributed by atoms with E-state index >= 15 is 0 Å². The van der Waals surface area contributed by atoms with Crippen molar-refractivity contribution in [2.75, 3.05) is 0 Å². The molecular formula is C10H13N5O3. The summed E-state index contributed by atoms with van der Waals surface area (Å²) in [5, 5.41) is 20.1. The van der Waals surface area contributed by atoms with Gasteiger partial charge in [-0.15, -0.1) is 5.10 Å². The van der Waals surface area contributed by atoms with E-state index in [2.05, 4.69) is 20.5 Å². The minimum atomic E-state index is -1.10. The molecule has 2 heterocycles. The van der Waals surface area contributed by atoms with Crippen molar-refractivity contribution < 1.29 is 14.4 Å². The molecule has 0 saturated carbocycles. The summed E-state index contributed by atoms with van der Waals surface area (Å²) < 4.78 is 6.35. The molecule has 2 aromatic rings. The summed E-state index contributed by atoms with van der Waals surface area (Å²) in [6.07, 6.45) is 1.28. The molecular weight excluding hydrogens is 238 g/mol. The van der Waals surface area contributed by atoms with E-state index < -0.39 is 11.4 Å². The largest absolute Gasteiger partial charge is 0.476 e. The van der Waals surface area contributed by atoms with Crippen molar-refractivity contribution in [1.29, 1.82) is 0 Å². The summed E-state index contributed by atoms with van der Waals surface area (Å²) in [7, 11) is 0. The lowest BCUT2D eigenvalue weighted by Gasteiger charge is -2.19. The fourth-order valence-corrected chi connectivity index (χ4v) is 1.70. The summed E-state index contributed by atoms with van der Waals surface area (Å²) in [5.41, 5.74) is 0.0623. The van der Waals surface area contributed by atoms with Gasteiger partial charge in [0, 0.05) is 5.41 Å². The van der Waals surface area contributed by atoms with E-state index in [4.69, 9.17) is 9.63 Å². The van der Waals surface area contributed by atoms with E-state index in [1.54, 1.807) is 0 Å². The van der Waals surface area contributed by atoms with Crippen LogP contribution >= 0.6 is 0 Å². The van der Waals surface area contributed by atoms with Gasteiger partial charge in [-0.3, -0.25) is 0 Å². The number of carboxylic acid groups (broad SMARTS) is 1. The highest BCUT2D eigenvalue weighted by Gasteiger charge is 2.29. The van der Waals surface area contributed by atoms with E-state index in [-0.39, 0.29) is 12.2 Å². The van der Waals surface area contributed by atoms with Crippen LogP contribution in [0.4, 0.5) is 0 Å². The maximum Gasteiger partial charge on any atom is 0.358 e. The summed E-state index contributed by atoms with van der Waals surface area (Å²) in [4.78, 5) is 15.0. The minimum Gasteiger partial charge on any atom is -0.476 e. The zero-order valence-electron chi connectivity index (χ0n) is 10.3. The van der Waals surface area contributed by atoms with Crippen molar-refractivity contribution in [3.8, 4) is 0 Å². The van der Waals surface area contributed by atoms with Gasteiger partial charge in [-0.25, -0.2) is 9.48 Å². The molecule has 0 aliphatic heterocycles. The number of hydrogen-bond donors (Lipinski definition) is 1. The molecule has 2 aromatic heterocycles. The van der Waals surface area contributed by atoms with Gasteiger partial charge in [0.2, 0.25) is 5.89 Å². The van der Waals surface area contributed by atoms with Crippen molar-refractivity contribution in [2.45, 2.75) is 32.7 Å². The summed E-state index contributed by atoms with van der Waals surface area (Å²) in [6, 6.07) is 0. The second-order valence-corrected chi connectivity index (χ2v) is 4.83. The normalized spacial score (nSPS) is 11.7. The van der Waals surface area contributed by atoms with Crippen LogP contribution in [-0.2, 0) is 12.0 Å². The van der Waals surface area contributed by atoms with Gasteiger partial charge in [0.1, 0.15) is 6.54 Å². The Bertz CT molecular complexity index is 553. The second-order valence-electron chi connectivity index (χ2n) is 4.83. The molecule has 18 heavy (non-hydrogen) atoms. The van der Waals surface area contributed by atoms with Gasteiger partial charge in [0.05, 0.1) is 5.69 Å². The predicted octanol–water partition coefficient (Wildman–Crippen LogP) is 0.705. The highest BCUT2D eigenvalue weighted by atomic mass is 16.5. The Labute approximate surface area is 103 Å². The van der Waals surface area contributed by atoms with Crippen LogP contribution in [0, 0.1) is 0 Å². The van der Waals surface area contributed by atoms with E-state index in [1.807, 2.05) is 20.8 Å². The Morgan fingerprint density at radius 3 is 2.72 bits per heavy atom. The molecule has 0 atom stereocenters. The van der Waals surface area contributed by atoms with Crippen molar-refractivity contribution >= 4 is 5.97 Å². The molecule has 0 amide bonds. The molecule has 96 valence electrons. The van der Waals surface area contributed by atoms with Crippen molar-refractivity contribution in [2.24, 2.45) is 0 Å². The third-order valence-electron chi connectivity index (χ3n) is 2.34. The monoisotopic (exact) mass is 251 g/mol. The van der Waals surface area contributed by atoms with Gasteiger partial charge in [-0.2, -0.15) is 4.98 Å². The number of aromatic carboxylic acids is 1. The van der Waals surface area contributed by atoms with Crippen LogP contribution in [0.25, 0.3) is 0 Å². The molecule has 0 bridgehead atoms. The smallest absolute Gasteiger partial charge is 0.358 e. The van der Waals surface area contributed by atoms with Crippen LogP contribution in [0.3, 0.4) is 0 Å². The fourth-order valence-electron chi connectivity index (χ4n) is 1.70. The fraction of sp³-hybridized carbons (Fsp3) is 0.500.